The number of fused-ring (bicyclic) bond motifs is 1. The van der Waals surface area contributed by atoms with Crippen LogP contribution in [0.1, 0.15) is 145 Å². The molecule has 3 unspecified atom stereocenters. The van der Waals surface area contributed by atoms with Gasteiger partial charge in [-0.3, -0.25) is 0 Å². The van der Waals surface area contributed by atoms with E-state index in [1.807, 2.05) is 11.3 Å². The topological polar surface area (TPSA) is 0 Å². The maximum Gasteiger partial charge on any atom is 0.242 e. The van der Waals surface area contributed by atoms with Crippen LogP contribution >= 0.6 is 11.3 Å². The zero-order valence-corrected chi connectivity index (χ0v) is 44.9. The van der Waals surface area contributed by atoms with E-state index in [9.17, 15) is 0 Å². The molecule has 0 nitrogen and oxygen atoms in total. The van der Waals surface area contributed by atoms with Crippen LogP contribution in [0.3, 0.4) is 0 Å². The summed E-state index contributed by atoms with van der Waals surface area (Å²) in [6, 6.07) is 28.6. The van der Waals surface area contributed by atoms with Crippen molar-refractivity contribution in [1.82, 2.24) is 0 Å². The Balaban J connectivity index is 1.12. The molecule has 1 heterocycles. The van der Waals surface area contributed by atoms with Gasteiger partial charge in [-0.15, -0.1) is 17.9 Å². The normalized spacial score (nSPS) is 16.8. The second-order valence-corrected chi connectivity index (χ2v) is 22.2. The van der Waals surface area contributed by atoms with Crippen LogP contribution < -0.4 is 16.4 Å². The van der Waals surface area contributed by atoms with Crippen molar-refractivity contribution in [2.45, 2.75) is 146 Å². The molecule has 0 amide bonds. The molecule has 0 spiro atoms. The zero-order chi connectivity index (χ0) is 49.1. The Bertz CT molecular complexity index is 2730. The van der Waals surface area contributed by atoms with E-state index in [0.717, 1.165) is 32.1 Å². The van der Waals surface area contributed by atoms with Crippen LogP contribution in [0.4, 0.5) is 0 Å². The molecule has 2 aliphatic carbocycles. The van der Waals surface area contributed by atoms with Gasteiger partial charge in [-0.1, -0.05) is 211 Å². The molecule has 0 bridgehead atoms. The lowest BCUT2D eigenvalue weighted by Crippen LogP contribution is -2.56. The summed E-state index contributed by atoms with van der Waals surface area (Å²) in [7, 11) is 0. The van der Waals surface area contributed by atoms with E-state index >= 15 is 0 Å². The van der Waals surface area contributed by atoms with Crippen molar-refractivity contribution in [3.05, 3.63) is 205 Å². The van der Waals surface area contributed by atoms with E-state index in [1.165, 1.54) is 143 Å². The van der Waals surface area contributed by atoms with Crippen LogP contribution in [-0.2, 0) is 12.8 Å². The molecular weight excluding hydrogens is 848 g/mol. The number of allylic oxidation sites excluding steroid dienone is 11. The van der Waals surface area contributed by atoms with Crippen LogP contribution in [-0.4, -0.2) is 6.71 Å². The summed E-state index contributed by atoms with van der Waals surface area (Å²) in [5.41, 5.74) is 22.5. The number of thiophene rings is 1. The van der Waals surface area contributed by atoms with E-state index < -0.39 is 0 Å². The molecule has 0 radical (unpaired) electrons. The zero-order valence-electron chi connectivity index (χ0n) is 44.1. The van der Waals surface area contributed by atoms with Crippen molar-refractivity contribution in [3.63, 3.8) is 0 Å². The molecule has 4 aromatic carbocycles. The highest BCUT2D eigenvalue weighted by molar-refractivity contribution is 7.14. The second-order valence-electron chi connectivity index (χ2n) is 21.1. The predicted octanol–water partition coefficient (Wildman–Crippen LogP) is 17.3. The maximum absolute atomic E-state index is 4.24. The summed E-state index contributed by atoms with van der Waals surface area (Å²) in [6.45, 7) is 27.4. The molecule has 0 fully saturated rings. The van der Waals surface area contributed by atoms with Gasteiger partial charge in [0.15, 0.2) is 0 Å². The summed E-state index contributed by atoms with van der Waals surface area (Å²) in [4.78, 5) is 2.73. The molecule has 1 aromatic heterocycles. The maximum atomic E-state index is 4.24. The molecule has 2 aliphatic rings. The van der Waals surface area contributed by atoms with E-state index in [4.69, 9.17) is 0 Å². The molecule has 0 saturated carbocycles. The van der Waals surface area contributed by atoms with Crippen LogP contribution in [0.2, 0.25) is 0 Å². The Morgan fingerprint density at radius 2 is 1.55 bits per heavy atom. The van der Waals surface area contributed by atoms with Gasteiger partial charge in [0.05, 0.1) is 0 Å². The molecular formula is C67H81BS. The van der Waals surface area contributed by atoms with E-state index in [-0.39, 0.29) is 12.1 Å². The molecule has 0 aliphatic heterocycles. The Morgan fingerprint density at radius 3 is 2.29 bits per heavy atom. The lowest BCUT2D eigenvalue weighted by molar-refractivity contribution is 0.210. The fourth-order valence-electron chi connectivity index (χ4n) is 11.9. The SMILES string of the molecule is C=CCCC(CCCCCC)(CCc1ccc(-c2cccc(B(c3c(C)cc(C)cc3C)c3c(C)cc(C)c(C)c3C)c2)cc1)CC1=CC(C)CC(C(/C=C\c2cc3c(s2)C=CC=CC3)=C/C)C=C1. The first kappa shape index (κ1) is 51.7. The van der Waals surface area contributed by atoms with Crippen molar-refractivity contribution in [2.24, 2.45) is 17.3 Å². The van der Waals surface area contributed by atoms with Crippen molar-refractivity contribution in [2.75, 3.05) is 0 Å². The Hall–Kier alpha value is -5.18. The number of unbranched alkanes of at least 4 members (excludes halogenated alkanes) is 3. The summed E-state index contributed by atoms with van der Waals surface area (Å²) in [5, 5.41) is 0. The summed E-state index contributed by atoms with van der Waals surface area (Å²) < 4.78 is 0. The molecule has 0 saturated heterocycles. The predicted molar refractivity (Wildman–Crippen MR) is 310 cm³/mol. The van der Waals surface area contributed by atoms with Gasteiger partial charge in [-0.25, -0.2) is 0 Å². The van der Waals surface area contributed by atoms with Gasteiger partial charge < -0.3 is 0 Å². The van der Waals surface area contributed by atoms with Crippen molar-refractivity contribution in [3.8, 4) is 11.1 Å². The molecule has 7 rings (SSSR count). The summed E-state index contributed by atoms with van der Waals surface area (Å²) in [5.74, 6) is 0.916. The largest absolute Gasteiger partial charge is 0.242 e. The van der Waals surface area contributed by atoms with Gasteiger partial charge in [0.2, 0.25) is 6.71 Å². The smallest absolute Gasteiger partial charge is 0.136 e. The van der Waals surface area contributed by atoms with Crippen LogP contribution in [0.15, 0.2) is 145 Å². The number of rotatable bonds is 20. The van der Waals surface area contributed by atoms with Gasteiger partial charge >= 0.3 is 0 Å². The first-order valence-electron chi connectivity index (χ1n) is 26.5. The fraction of sp³-hybridized carbons (Fsp3) is 0.373. The number of hydrogen-bond acceptors (Lipinski definition) is 1. The first-order valence-corrected chi connectivity index (χ1v) is 27.3. The first-order chi connectivity index (χ1) is 33.3. The van der Waals surface area contributed by atoms with E-state index in [2.05, 4.69) is 215 Å². The minimum atomic E-state index is 0.155. The summed E-state index contributed by atoms with van der Waals surface area (Å²) >= 11 is 1.90. The fourth-order valence-corrected chi connectivity index (χ4v) is 12.9. The lowest BCUT2D eigenvalue weighted by Gasteiger charge is -2.35. The Morgan fingerprint density at radius 1 is 0.783 bits per heavy atom. The third kappa shape index (κ3) is 13.0. The molecule has 3 atom stereocenters. The lowest BCUT2D eigenvalue weighted by atomic mass is 9.34. The third-order valence-electron chi connectivity index (χ3n) is 15.8. The highest BCUT2D eigenvalue weighted by Gasteiger charge is 2.32. The highest BCUT2D eigenvalue weighted by Crippen LogP contribution is 2.44. The standard InChI is InChI=1S/C67H81BS/c1-12-15-17-21-37-67(36-16-13-2,46-56-29-32-60(42-48(5)41-56)57(14-3)33-34-63-45-61-23-19-18-20-26-64(61)69-63)38-35-55-27-30-58(31-28-55)59-24-22-25-62(44-59)68(65-50(7)39-47(4)40-51(65)8)66-52(9)43-49(6)53(10)54(66)11/h13-14,18-20,22,24-34,39-41,43-45,48,60H,2,12,15-17,21,23,35-38,42,46H2,1,3-11H3/b34-33-,57-14+. The Labute approximate surface area is 424 Å². The van der Waals surface area contributed by atoms with Gasteiger partial charge in [-0.05, 0) is 175 Å². The average molecular weight is 929 g/mol. The van der Waals surface area contributed by atoms with Crippen LogP contribution in [0.5, 0.6) is 0 Å². The average Bonchev–Trinajstić information content (AvgIpc) is 3.45. The monoisotopic (exact) mass is 929 g/mol. The molecule has 2 heteroatoms. The van der Waals surface area contributed by atoms with Gasteiger partial charge in [0.1, 0.15) is 0 Å². The molecule has 5 aromatic rings. The van der Waals surface area contributed by atoms with E-state index in [0.29, 0.717) is 11.8 Å². The second kappa shape index (κ2) is 24.1. The molecule has 358 valence electrons. The Kier molecular flexibility index (Phi) is 18.0. The molecule has 69 heavy (non-hydrogen) atoms. The highest BCUT2D eigenvalue weighted by atomic mass is 32.1. The van der Waals surface area contributed by atoms with Crippen molar-refractivity contribution < 1.29 is 0 Å². The number of aryl methyl sites for hydroxylation is 6. The van der Waals surface area contributed by atoms with E-state index in [1.54, 1.807) is 0 Å². The minimum absolute atomic E-state index is 0.155. The van der Waals surface area contributed by atoms with Crippen molar-refractivity contribution >= 4 is 46.6 Å². The summed E-state index contributed by atoms with van der Waals surface area (Å²) in [6.07, 6.45) is 40.0. The molecule has 0 N–H and O–H groups in total. The van der Waals surface area contributed by atoms with Gasteiger partial charge in [0.25, 0.3) is 0 Å². The van der Waals surface area contributed by atoms with Gasteiger partial charge in [0, 0.05) is 15.7 Å². The van der Waals surface area contributed by atoms with Gasteiger partial charge in [-0.2, -0.15) is 0 Å². The number of benzene rings is 4. The van der Waals surface area contributed by atoms with Crippen LogP contribution in [0.25, 0.3) is 23.3 Å². The quantitative estimate of drug-likeness (QED) is 0.0316. The van der Waals surface area contributed by atoms with Crippen molar-refractivity contribution in [1.29, 1.82) is 0 Å². The number of hydrogen-bond donors (Lipinski definition) is 0. The van der Waals surface area contributed by atoms with Crippen LogP contribution in [0, 0.1) is 65.7 Å². The minimum Gasteiger partial charge on any atom is -0.136 e. The third-order valence-corrected chi connectivity index (χ3v) is 16.9.